The molecule has 7 heteroatoms. The molecule has 1 saturated heterocycles. The maximum atomic E-state index is 13.4. The van der Waals surface area contributed by atoms with Crippen LogP contribution in [0.4, 0.5) is 4.79 Å². The van der Waals surface area contributed by atoms with Gasteiger partial charge in [0, 0.05) is 19.0 Å². The van der Waals surface area contributed by atoms with Crippen molar-refractivity contribution in [1.82, 2.24) is 10.2 Å². The lowest BCUT2D eigenvalue weighted by Crippen LogP contribution is -2.65. The monoisotopic (exact) mass is 462 g/mol. The standard InChI is InChI=1S/C27H30N2O5/c1-17-11-14-29(15-22(17)24(30)31)25(32)27(12-6-13-27)28-26(33)34-16-23-20-9-4-2-7-18(20)19-8-3-5-10-21(19)23/h2-5,7-10,17,22-23H,6,11-16H2,1H3,(H,28,33)(H,30,31). The summed E-state index contributed by atoms with van der Waals surface area (Å²) in [5.74, 6) is -1.67. The molecule has 0 aromatic heterocycles. The number of piperidine rings is 1. The van der Waals surface area contributed by atoms with Crippen LogP contribution in [0.5, 0.6) is 0 Å². The zero-order valence-corrected chi connectivity index (χ0v) is 19.3. The van der Waals surface area contributed by atoms with Gasteiger partial charge in [0.1, 0.15) is 12.1 Å². The Morgan fingerprint density at radius 2 is 1.68 bits per heavy atom. The number of alkyl carbamates (subject to hydrolysis) is 1. The van der Waals surface area contributed by atoms with Crippen molar-refractivity contribution in [3.8, 4) is 11.1 Å². The summed E-state index contributed by atoms with van der Waals surface area (Å²) < 4.78 is 5.67. The number of carbonyl (C=O) groups is 3. The maximum absolute atomic E-state index is 13.4. The number of rotatable bonds is 5. The van der Waals surface area contributed by atoms with Gasteiger partial charge in [-0.2, -0.15) is 0 Å². The molecular weight excluding hydrogens is 432 g/mol. The van der Waals surface area contributed by atoms with E-state index in [4.69, 9.17) is 4.74 Å². The van der Waals surface area contributed by atoms with Gasteiger partial charge in [-0.3, -0.25) is 9.59 Å². The number of nitrogens with one attached hydrogen (secondary N) is 1. The minimum Gasteiger partial charge on any atom is -0.481 e. The number of aliphatic carboxylic acids is 1. The van der Waals surface area contributed by atoms with Crippen molar-refractivity contribution in [2.24, 2.45) is 11.8 Å². The topological polar surface area (TPSA) is 95.9 Å². The fraction of sp³-hybridized carbons (Fsp3) is 0.444. The molecule has 7 nitrogen and oxygen atoms in total. The van der Waals surface area contributed by atoms with Crippen LogP contribution in [0.15, 0.2) is 48.5 Å². The fourth-order valence-electron chi connectivity index (χ4n) is 5.63. The number of nitrogens with zero attached hydrogens (tertiary/aromatic N) is 1. The Hall–Kier alpha value is -3.35. The van der Waals surface area contributed by atoms with Gasteiger partial charge >= 0.3 is 12.1 Å². The highest BCUT2D eigenvalue weighted by atomic mass is 16.5. The first-order valence-corrected chi connectivity index (χ1v) is 12.0. The molecular formula is C27H30N2O5. The molecule has 2 fully saturated rings. The molecule has 2 unspecified atom stereocenters. The van der Waals surface area contributed by atoms with Crippen LogP contribution in [0.2, 0.25) is 0 Å². The van der Waals surface area contributed by atoms with Crippen molar-refractivity contribution >= 4 is 18.0 Å². The van der Waals surface area contributed by atoms with E-state index in [1.54, 1.807) is 4.90 Å². The SMILES string of the molecule is CC1CCN(C(=O)C2(NC(=O)OCC3c4ccccc4-c4ccccc43)CCC2)CC1C(=O)O. The van der Waals surface area contributed by atoms with Gasteiger partial charge in [-0.1, -0.05) is 55.5 Å². The van der Waals surface area contributed by atoms with E-state index < -0.39 is 23.5 Å². The molecule has 1 saturated carbocycles. The van der Waals surface area contributed by atoms with Crippen LogP contribution in [-0.4, -0.2) is 53.2 Å². The summed E-state index contributed by atoms with van der Waals surface area (Å²) in [5.41, 5.74) is 3.59. The van der Waals surface area contributed by atoms with Crippen molar-refractivity contribution in [1.29, 1.82) is 0 Å². The first-order valence-electron chi connectivity index (χ1n) is 12.0. The van der Waals surface area contributed by atoms with Crippen molar-refractivity contribution in [3.05, 3.63) is 59.7 Å². The Bertz CT molecular complexity index is 1080. The molecule has 2 amide bonds. The number of benzene rings is 2. The van der Waals surface area contributed by atoms with Gasteiger partial charge in [-0.25, -0.2) is 4.79 Å². The minimum absolute atomic E-state index is 0.0222. The first kappa shape index (κ1) is 22.4. The lowest BCUT2D eigenvalue weighted by molar-refractivity contribution is -0.151. The molecule has 1 heterocycles. The summed E-state index contributed by atoms with van der Waals surface area (Å²) in [5, 5.41) is 12.4. The predicted molar refractivity (Wildman–Crippen MR) is 126 cm³/mol. The molecule has 0 spiro atoms. The quantitative estimate of drug-likeness (QED) is 0.700. The Morgan fingerprint density at radius 3 is 2.24 bits per heavy atom. The van der Waals surface area contributed by atoms with E-state index in [0.717, 1.165) is 28.7 Å². The van der Waals surface area contributed by atoms with E-state index in [9.17, 15) is 19.5 Å². The number of carboxylic acid groups (broad SMARTS) is 1. The molecule has 3 aliphatic rings. The Labute approximate surface area is 199 Å². The van der Waals surface area contributed by atoms with E-state index in [0.29, 0.717) is 25.8 Å². The summed E-state index contributed by atoms with van der Waals surface area (Å²) in [6.45, 7) is 2.79. The number of fused-ring (bicyclic) bond motifs is 3. The van der Waals surface area contributed by atoms with Gasteiger partial charge in [0.05, 0.1) is 5.92 Å². The van der Waals surface area contributed by atoms with Crippen molar-refractivity contribution < 1.29 is 24.2 Å². The third kappa shape index (κ3) is 3.83. The second kappa shape index (κ2) is 8.78. The summed E-state index contributed by atoms with van der Waals surface area (Å²) in [7, 11) is 0. The van der Waals surface area contributed by atoms with Gasteiger partial charge in [0.25, 0.3) is 0 Å². The highest BCUT2D eigenvalue weighted by Crippen LogP contribution is 2.44. The zero-order valence-electron chi connectivity index (χ0n) is 19.3. The molecule has 2 aromatic rings. The lowest BCUT2D eigenvalue weighted by atomic mass is 9.74. The average Bonchev–Trinajstić information content (AvgIpc) is 3.13. The summed E-state index contributed by atoms with van der Waals surface area (Å²) >= 11 is 0. The second-order valence-electron chi connectivity index (χ2n) is 9.85. The number of hydrogen-bond acceptors (Lipinski definition) is 4. The molecule has 178 valence electrons. The number of hydrogen-bond donors (Lipinski definition) is 2. The third-order valence-corrected chi connectivity index (χ3v) is 7.86. The normalized spacial score (nSPS) is 22.8. The Kier molecular flexibility index (Phi) is 5.80. The van der Waals surface area contributed by atoms with Crippen molar-refractivity contribution in [2.45, 2.75) is 44.1 Å². The maximum Gasteiger partial charge on any atom is 0.408 e. The number of ether oxygens (including phenoxy) is 1. The number of carboxylic acids is 1. The first-order chi connectivity index (χ1) is 16.4. The Balaban J connectivity index is 1.25. The predicted octanol–water partition coefficient (Wildman–Crippen LogP) is 4.02. The van der Waals surface area contributed by atoms with E-state index >= 15 is 0 Å². The van der Waals surface area contributed by atoms with Crippen LogP contribution in [0.25, 0.3) is 11.1 Å². The molecule has 0 bridgehead atoms. The molecule has 2 N–H and O–H groups in total. The van der Waals surface area contributed by atoms with Gasteiger partial charge in [-0.15, -0.1) is 0 Å². The highest BCUT2D eigenvalue weighted by molar-refractivity contribution is 5.91. The van der Waals surface area contributed by atoms with Crippen molar-refractivity contribution in [2.75, 3.05) is 19.7 Å². The third-order valence-electron chi connectivity index (χ3n) is 7.86. The molecule has 2 atom stereocenters. The lowest BCUT2D eigenvalue weighted by Gasteiger charge is -2.46. The largest absolute Gasteiger partial charge is 0.481 e. The molecule has 2 aromatic carbocycles. The van der Waals surface area contributed by atoms with Crippen LogP contribution >= 0.6 is 0 Å². The van der Waals surface area contributed by atoms with E-state index in [1.165, 1.54) is 0 Å². The minimum atomic E-state index is -0.994. The summed E-state index contributed by atoms with van der Waals surface area (Å²) in [6, 6.07) is 16.3. The van der Waals surface area contributed by atoms with E-state index in [1.807, 2.05) is 31.2 Å². The summed E-state index contributed by atoms with van der Waals surface area (Å²) in [6.07, 6.45) is 1.96. The van der Waals surface area contributed by atoms with Gasteiger partial charge in [0.2, 0.25) is 5.91 Å². The van der Waals surface area contributed by atoms with Crippen LogP contribution in [-0.2, 0) is 14.3 Å². The van der Waals surface area contributed by atoms with Gasteiger partial charge in [-0.05, 0) is 53.9 Å². The van der Waals surface area contributed by atoms with Crippen LogP contribution in [0.3, 0.4) is 0 Å². The molecule has 5 rings (SSSR count). The Morgan fingerprint density at radius 1 is 1.06 bits per heavy atom. The van der Waals surface area contributed by atoms with Crippen molar-refractivity contribution in [3.63, 3.8) is 0 Å². The smallest absolute Gasteiger partial charge is 0.408 e. The van der Waals surface area contributed by atoms with Crippen LogP contribution in [0.1, 0.15) is 49.7 Å². The number of amides is 2. The van der Waals surface area contributed by atoms with Crippen LogP contribution < -0.4 is 5.32 Å². The molecule has 2 aliphatic carbocycles. The molecule has 1 aliphatic heterocycles. The zero-order chi connectivity index (χ0) is 23.9. The molecule has 0 radical (unpaired) electrons. The highest BCUT2D eigenvalue weighted by Gasteiger charge is 2.49. The second-order valence-corrected chi connectivity index (χ2v) is 9.85. The molecule has 34 heavy (non-hydrogen) atoms. The van der Waals surface area contributed by atoms with Gasteiger partial charge < -0.3 is 20.1 Å². The fourth-order valence-corrected chi connectivity index (χ4v) is 5.63. The van der Waals surface area contributed by atoms with E-state index in [-0.39, 0.29) is 30.9 Å². The average molecular weight is 463 g/mol. The number of likely N-dealkylation sites (tertiary alicyclic amines) is 1. The van der Waals surface area contributed by atoms with Gasteiger partial charge in [0.15, 0.2) is 0 Å². The van der Waals surface area contributed by atoms with E-state index in [2.05, 4.69) is 29.6 Å². The van der Waals surface area contributed by atoms with Crippen LogP contribution in [0, 0.1) is 11.8 Å². The number of carbonyl (C=O) groups excluding carboxylic acids is 2. The summed E-state index contributed by atoms with van der Waals surface area (Å²) in [4.78, 5) is 39.4.